The first-order valence-electron chi connectivity index (χ1n) is 5.94. The van der Waals surface area contributed by atoms with Gasteiger partial charge in [-0.25, -0.2) is 0 Å². The Morgan fingerprint density at radius 3 is 2.68 bits per heavy atom. The van der Waals surface area contributed by atoms with Crippen molar-refractivity contribution >= 4 is 28.8 Å². The molecule has 1 aromatic carbocycles. The van der Waals surface area contributed by atoms with Crippen LogP contribution in [0.1, 0.15) is 12.0 Å². The number of rotatable bonds is 9. The number of halogens is 1. The maximum atomic E-state index is 6.03. The normalized spacial score (nSPS) is 10.4. The lowest BCUT2D eigenvalue weighted by Crippen LogP contribution is -2.11. The van der Waals surface area contributed by atoms with Crippen LogP contribution >= 0.6 is 23.8 Å². The fourth-order valence-electron chi connectivity index (χ4n) is 1.41. The zero-order valence-corrected chi connectivity index (χ0v) is 12.4. The van der Waals surface area contributed by atoms with Crippen LogP contribution in [0.4, 0.5) is 0 Å². The van der Waals surface area contributed by atoms with Gasteiger partial charge in [0.05, 0.1) is 11.6 Å². The highest BCUT2D eigenvalue weighted by molar-refractivity contribution is 7.80. The Bertz CT molecular complexity index is 415. The van der Waals surface area contributed by atoms with Gasteiger partial charge in [-0.2, -0.15) is 0 Å². The SMILES string of the molecule is COCCCOCCOc1ccc(C(N)=S)c(Cl)c1. The first kappa shape index (κ1) is 16.2. The van der Waals surface area contributed by atoms with Gasteiger partial charge in [-0.3, -0.25) is 0 Å². The summed E-state index contributed by atoms with van der Waals surface area (Å²) in [6.07, 6.45) is 0.880. The van der Waals surface area contributed by atoms with E-state index < -0.39 is 0 Å². The number of benzene rings is 1. The molecule has 0 radical (unpaired) electrons. The molecule has 1 aromatic rings. The van der Waals surface area contributed by atoms with Crippen molar-refractivity contribution < 1.29 is 14.2 Å². The average Bonchev–Trinajstić information content (AvgIpc) is 2.37. The van der Waals surface area contributed by atoms with E-state index in [4.69, 9.17) is 43.8 Å². The van der Waals surface area contributed by atoms with Gasteiger partial charge in [0, 0.05) is 25.9 Å². The summed E-state index contributed by atoms with van der Waals surface area (Å²) in [7, 11) is 1.67. The molecule has 106 valence electrons. The van der Waals surface area contributed by atoms with E-state index in [0.717, 1.165) is 6.42 Å². The van der Waals surface area contributed by atoms with Crippen molar-refractivity contribution in [2.75, 3.05) is 33.5 Å². The number of nitrogens with two attached hydrogens (primary N) is 1. The van der Waals surface area contributed by atoms with Crippen LogP contribution in [0.2, 0.25) is 5.02 Å². The Balaban J connectivity index is 2.26. The summed E-state index contributed by atoms with van der Waals surface area (Å²) in [5.41, 5.74) is 6.17. The number of hydrogen-bond donors (Lipinski definition) is 1. The number of thiocarbonyl (C=S) groups is 1. The lowest BCUT2D eigenvalue weighted by molar-refractivity contribution is 0.0806. The summed E-state index contributed by atoms with van der Waals surface area (Å²) in [6, 6.07) is 5.23. The van der Waals surface area contributed by atoms with Crippen molar-refractivity contribution in [1.29, 1.82) is 0 Å². The molecule has 0 saturated heterocycles. The summed E-state index contributed by atoms with van der Waals surface area (Å²) >= 11 is 10.9. The fraction of sp³-hybridized carbons (Fsp3) is 0.462. The molecule has 0 fully saturated rings. The van der Waals surface area contributed by atoms with Crippen LogP contribution in [0.15, 0.2) is 18.2 Å². The van der Waals surface area contributed by atoms with E-state index in [1.807, 2.05) is 0 Å². The molecular formula is C13H18ClNO3S. The second-order valence-electron chi connectivity index (χ2n) is 3.81. The molecule has 0 aliphatic rings. The monoisotopic (exact) mass is 303 g/mol. The molecule has 0 unspecified atom stereocenters. The number of hydrogen-bond acceptors (Lipinski definition) is 4. The van der Waals surface area contributed by atoms with Crippen molar-refractivity contribution in [3.8, 4) is 5.75 Å². The lowest BCUT2D eigenvalue weighted by atomic mass is 10.2. The second-order valence-corrected chi connectivity index (χ2v) is 4.66. The molecule has 6 heteroatoms. The smallest absolute Gasteiger partial charge is 0.120 e. The molecule has 0 atom stereocenters. The van der Waals surface area contributed by atoms with Gasteiger partial charge in [-0.15, -0.1) is 0 Å². The van der Waals surface area contributed by atoms with Crippen molar-refractivity contribution in [2.45, 2.75) is 6.42 Å². The Hall–Kier alpha value is -0.880. The molecule has 19 heavy (non-hydrogen) atoms. The molecule has 0 bridgehead atoms. The molecule has 0 saturated carbocycles. The highest BCUT2D eigenvalue weighted by atomic mass is 35.5. The Morgan fingerprint density at radius 1 is 1.26 bits per heavy atom. The minimum Gasteiger partial charge on any atom is -0.491 e. The van der Waals surface area contributed by atoms with Crippen LogP contribution in [0.25, 0.3) is 0 Å². The van der Waals surface area contributed by atoms with Gasteiger partial charge in [-0.05, 0) is 24.6 Å². The van der Waals surface area contributed by atoms with E-state index in [0.29, 0.717) is 42.8 Å². The largest absolute Gasteiger partial charge is 0.491 e. The predicted molar refractivity (Wildman–Crippen MR) is 80.1 cm³/mol. The summed E-state index contributed by atoms with van der Waals surface area (Å²) in [6.45, 7) is 2.36. The molecule has 0 aliphatic heterocycles. The Labute approximate surface area is 123 Å². The van der Waals surface area contributed by atoms with E-state index in [1.165, 1.54) is 0 Å². The van der Waals surface area contributed by atoms with E-state index >= 15 is 0 Å². The topological polar surface area (TPSA) is 53.7 Å². The standard InChI is InChI=1S/C13H18ClNO3S/c1-16-5-2-6-17-7-8-18-10-3-4-11(13(15)19)12(14)9-10/h3-4,9H,2,5-8H2,1H3,(H2,15,19). The van der Waals surface area contributed by atoms with Crippen LogP contribution in [0, 0.1) is 0 Å². The molecule has 0 amide bonds. The molecule has 0 aromatic heterocycles. The highest BCUT2D eigenvalue weighted by Crippen LogP contribution is 2.22. The van der Waals surface area contributed by atoms with Crippen molar-refractivity contribution in [1.82, 2.24) is 0 Å². The summed E-state index contributed by atoms with van der Waals surface area (Å²) < 4.78 is 15.8. The second kappa shape index (κ2) is 9.09. The Kier molecular flexibility index (Phi) is 7.74. The average molecular weight is 304 g/mol. The Morgan fingerprint density at radius 2 is 2.05 bits per heavy atom. The molecule has 4 nitrogen and oxygen atoms in total. The third kappa shape index (κ3) is 6.20. The number of methoxy groups -OCH3 is 1. The third-order valence-corrected chi connectivity index (χ3v) is 2.87. The van der Waals surface area contributed by atoms with Gasteiger partial charge in [0.2, 0.25) is 0 Å². The number of ether oxygens (including phenoxy) is 3. The van der Waals surface area contributed by atoms with Crippen LogP contribution in [0.3, 0.4) is 0 Å². The van der Waals surface area contributed by atoms with Gasteiger partial charge in [0.15, 0.2) is 0 Å². The van der Waals surface area contributed by atoms with Crippen molar-refractivity contribution in [3.05, 3.63) is 28.8 Å². The summed E-state index contributed by atoms with van der Waals surface area (Å²) in [4.78, 5) is 0.276. The predicted octanol–water partition coefficient (Wildman–Crippen LogP) is 2.41. The maximum absolute atomic E-state index is 6.03. The van der Waals surface area contributed by atoms with Gasteiger partial charge >= 0.3 is 0 Å². The quantitative estimate of drug-likeness (QED) is 0.561. The van der Waals surface area contributed by atoms with Gasteiger partial charge in [0.25, 0.3) is 0 Å². The van der Waals surface area contributed by atoms with E-state index in [1.54, 1.807) is 25.3 Å². The van der Waals surface area contributed by atoms with Crippen LogP contribution < -0.4 is 10.5 Å². The van der Waals surface area contributed by atoms with Crippen molar-refractivity contribution in [3.63, 3.8) is 0 Å². The maximum Gasteiger partial charge on any atom is 0.120 e. The molecular weight excluding hydrogens is 286 g/mol. The first-order valence-corrected chi connectivity index (χ1v) is 6.72. The van der Waals surface area contributed by atoms with E-state index in [2.05, 4.69) is 0 Å². The molecule has 0 aliphatic carbocycles. The molecule has 2 N–H and O–H groups in total. The van der Waals surface area contributed by atoms with Gasteiger partial charge in [0.1, 0.15) is 17.3 Å². The van der Waals surface area contributed by atoms with E-state index in [-0.39, 0.29) is 4.99 Å². The molecule has 1 rings (SSSR count). The van der Waals surface area contributed by atoms with Gasteiger partial charge in [-0.1, -0.05) is 23.8 Å². The van der Waals surface area contributed by atoms with Crippen LogP contribution in [0.5, 0.6) is 5.75 Å². The molecule has 0 spiro atoms. The minimum absolute atomic E-state index is 0.276. The van der Waals surface area contributed by atoms with E-state index in [9.17, 15) is 0 Å². The summed E-state index contributed by atoms with van der Waals surface area (Å²) in [5, 5.41) is 0.492. The third-order valence-electron chi connectivity index (χ3n) is 2.34. The highest BCUT2D eigenvalue weighted by Gasteiger charge is 2.04. The zero-order valence-electron chi connectivity index (χ0n) is 10.9. The molecule has 0 heterocycles. The van der Waals surface area contributed by atoms with Crippen LogP contribution in [-0.4, -0.2) is 38.5 Å². The van der Waals surface area contributed by atoms with Crippen LogP contribution in [-0.2, 0) is 9.47 Å². The zero-order chi connectivity index (χ0) is 14.1. The first-order chi connectivity index (χ1) is 9.15. The van der Waals surface area contributed by atoms with Gasteiger partial charge < -0.3 is 19.9 Å². The lowest BCUT2D eigenvalue weighted by Gasteiger charge is -2.09. The summed E-state index contributed by atoms with van der Waals surface area (Å²) in [5.74, 6) is 0.672. The minimum atomic E-state index is 0.276. The van der Waals surface area contributed by atoms with Crippen molar-refractivity contribution in [2.24, 2.45) is 5.73 Å². The fourth-order valence-corrected chi connectivity index (χ4v) is 1.92.